The molecule has 9 nitrogen and oxygen atoms in total. The molecule has 0 aliphatic rings. The molecule has 0 atom stereocenters. The Labute approximate surface area is 173 Å². The van der Waals surface area contributed by atoms with Crippen molar-refractivity contribution in [2.24, 2.45) is 0 Å². The van der Waals surface area contributed by atoms with Crippen molar-refractivity contribution in [3.8, 4) is 17.0 Å². The number of nitrogens with zero attached hydrogens (tertiary/aromatic N) is 2. The molecular weight excluding hydrogens is 415 g/mol. The number of carbonyl (C=O) groups excluding carboxylic acids is 2. The topological polar surface area (TPSA) is 123 Å². The Kier molecular flexibility index (Phi) is 6.32. The summed E-state index contributed by atoms with van der Waals surface area (Å²) in [5.41, 5.74) is 0.713. The molecule has 30 heavy (non-hydrogen) atoms. The highest BCUT2D eigenvalue weighted by Gasteiger charge is 2.13. The number of amides is 2. The molecule has 0 fully saturated rings. The summed E-state index contributed by atoms with van der Waals surface area (Å²) in [6, 6.07) is 9.67. The van der Waals surface area contributed by atoms with E-state index in [1.807, 2.05) is 0 Å². The van der Waals surface area contributed by atoms with E-state index in [1.165, 1.54) is 43.3 Å². The third-order valence-corrected chi connectivity index (χ3v) is 4.47. The van der Waals surface area contributed by atoms with Crippen molar-refractivity contribution in [3.05, 3.63) is 63.8 Å². The number of nitro benzene ring substituents is 1. The van der Waals surface area contributed by atoms with Crippen molar-refractivity contribution in [1.29, 1.82) is 0 Å². The lowest BCUT2D eigenvalue weighted by Gasteiger charge is -2.06. The maximum Gasteiger partial charge on any atom is 0.273 e. The average molecular weight is 430 g/mol. The molecule has 3 aromatic rings. The molecule has 11 heteroatoms. The normalized spacial score (nSPS) is 10.3. The Morgan fingerprint density at radius 3 is 2.73 bits per heavy atom. The molecule has 3 rings (SSSR count). The third-order valence-electron chi connectivity index (χ3n) is 3.71. The summed E-state index contributed by atoms with van der Waals surface area (Å²) in [6.07, 6.45) is 0. The van der Waals surface area contributed by atoms with Crippen molar-refractivity contribution in [1.82, 2.24) is 4.98 Å². The van der Waals surface area contributed by atoms with Gasteiger partial charge in [0, 0.05) is 29.6 Å². The number of non-ortho nitro benzene ring substituents is 1. The van der Waals surface area contributed by atoms with Gasteiger partial charge in [0.25, 0.3) is 11.6 Å². The second kappa shape index (κ2) is 9.09. The Hall–Kier alpha value is -3.86. The van der Waals surface area contributed by atoms with Crippen molar-refractivity contribution in [2.75, 3.05) is 17.2 Å². The van der Waals surface area contributed by atoms with Gasteiger partial charge in [0.05, 0.1) is 16.7 Å². The molecule has 2 aromatic carbocycles. The van der Waals surface area contributed by atoms with Gasteiger partial charge < -0.3 is 10.1 Å². The summed E-state index contributed by atoms with van der Waals surface area (Å²) in [7, 11) is 0. The summed E-state index contributed by atoms with van der Waals surface area (Å²) in [6.45, 7) is 0.944. The minimum absolute atomic E-state index is 0.149. The first-order valence-electron chi connectivity index (χ1n) is 8.52. The maximum atomic E-state index is 14.3. The number of carbonyl (C=O) groups is 2. The van der Waals surface area contributed by atoms with Crippen LogP contribution in [-0.4, -0.2) is 28.3 Å². The van der Waals surface area contributed by atoms with Crippen LogP contribution in [-0.2, 0) is 9.59 Å². The standard InChI is InChI=1S/C19H15FN4O5S/c1-11(25)21-12-5-6-15(16(20)7-12)17-10-30-19(22-17)23-18(26)9-29-14-4-2-3-13(8-14)24(27)28/h2-8,10H,9H2,1H3,(H,21,25)(H,22,23,26). The number of hydrogen-bond acceptors (Lipinski definition) is 7. The smallest absolute Gasteiger partial charge is 0.273 e. The predicted octanol–water partition coefficient (Wildman–Crippen LogP) is 3.83. The van der Waals surface area contributed by atoms with Crippen molar-refractivity contribution >= 4 is 39.7 Å². The number of benzene rings is 2. The Morgan fingerprint density at radius 2 is 2.03 bits per heavy atom. The van der Waals surface area contributed by atoms with E-state index in [1.54, 1.807) is 11.4 Å². The predicted molar refractivity (Wildman–Crippen MR) is 109 cm³/mol. The van der Waals surface area contributed by atoms with Gasteiger partial charge >= 0.3 is 0 Å². The van der Waals surface area contributed by atoms with Gasteiger partial charge in [-0.2, -0.15) is 0 Å². The van der Waals surface area contributed by atoms with Gasteiger partial charge in [-0.1, -0.05) is 6.07 Å². The van der Waals surface area contributed by atoms with Crippen molar-refractivity contribution in [3.63, 3.8) is 0 Å². The first-order chi connectivity index (χ1) is 14.3. The minimum atomic E-state index is -0.571. The fourth-order valence-corrected chi connectivity index (χ4v) is 3.18. The summed E-state index contributed by atoms with van der Waals surface area (Å²) < 4.78 is 19.6. The molecule has 0 radical (unpaired) electrons. The Bertz CT molecular complexity index is 1120. The highest BCUT2D eigenvalue weighted by Crippen LogP contribution is 2.28. The van der Waals surface area contributed by atoms with Crippen LogP contribution in [0, 0.1) is 15.9 Å². The Balaban J connectivity index is 1.61. The van der Waals surface area contributed by atoms with Gasteiger partial charge in [-0.05, 0) is 24.3 Å². The van der Waals surface area contributed by atoms with Gasteiger partial charge in [-0.3, -0.25) is 25.0 Å². The molecule has 0 spiro atoms. The molecular formula is C19H15FN4O5S. The van der Waals surface area contributed by atoms with Crippen LogP contribution in [0.1, 0.15) is 6.92 Å². The van der Waals surface area contributed by atoms with Crippen LogP contribution in [0.2, 0.25) is 0 Å². The zero-order valence-electron chi connectivity index (χ0n) is 15.5. The third kappa shape index (κ3) is 5.35. The number of ether oxygens (including phenoxy) is 1. The molecule has 0 saturated carbocycles. The van der Waals surface area contributed by atoms with E-state index in [0.717, 1.165) is 11.3 Å². The molecule has 2 amide bonds. The van der Waals surface area contributed by atoms with E-state index in [2.05, 4.69) is 15.6 Å². The lowest BCUT2D eigenvalue weighted by molar-refractivity contribution is -0.384. The van der Waals surface area contributed by atoms with E-state index in [-0.39, 0.29) is 34.6 Å². The van der Waals surface area contributed by atoms with Gasteiger partial charge in [0.2, 0.25) is 5.91 Å². The zero-order valence-corrected chi connectivity index (χ0v) is 16.4. The summed E-state index contributed by atoms with van der Waals surface area (Å²) in [4.78, 5) is 37.5. The van der Waals surface area contributed by atoms with Crippen LogP contribution in [0.15, 0.2) is 47.8 Å². The molecule has 0 bridgehead atoms. The molecule has 0 aliphatic carbocycles. The number of rotatable bonds is 7. The minimum Gasteiger partial charge on any atom is -0.484 e. The lowest BCUT2D eigenvalue weighted by atomic mass is 10.1. The van der Waals surface area contributed by atoms with Gasteiger partial charge in [0.15, 0.2) is 11.7 Å². The summed E-state index contributed by atoms with van der Waals surface area (Å²) in [5, 5.41) is 17.6. The molecule has 0 aliphatic heterocycles. The van der Waals surface area contributed by atoms with Crippen LogP contribution in [0.3, 0.4) is 0 Å². The maximum absolute atomic E-state index is 14.3. The largest absolute Gasteiger partial charge is 0.484 e. The number of nitrogens with one attached hydrogen (secondary N) is 2. The van der Waals surface area contributed by atoms with Crippen molar-refractivity contribution in [2.45, 2.75) is 6.92 Å². The van der Waals surface area contributed by atoms with Crippen LogP contribution >= 0.6 is 11.3 Å². The number of halogens is 1. The second-order valence-electron chi connectivity index (χ2n) is 6.01. The van der Waals surface area contributed by atoms with Crippen LogP contribution < -0.4 is 15.4 Å². The number of aromatic nitrogens is 1. The number of nitro groups is 1. The summed E-state index contributed by atoms with van der Waals surface area (Å²) >= 11 is 1.10. The molecule has 1 aromatic heterocycles. The van der Waals surface area contributed by atoms with E-state index in [4.69, 9.17) is 4.74 Å². The van der Waals surface area contributed by atoms with E-state index in [9.17, 15) is 24.1 Å². The number of anilines is 2. The molecule has 154 valence electrons. The molecule has 0 unspecified atom stereocenters. The molecule has 2 N–H and O–H groups in total. The fraction of sp³-hybridized carbons (Fsp3) is 0.105. The number of hydrogen-bond donors (Lipinski definition) is 2. The highest BCUT2D eigenvalue weighted by atomic mass is 32.1. The van der Waals surface area contributed by atoms with Crippen molar-refractivity contribution < 1.29 is 23.6 Å². The van der Waals surface area contributed by atoms with Crippen LogP contribution in [0.25, 0.3) is 11.3 Å². The first kappa shape index (κ1) is 20.9. The SMILES string of the molecule is CC(=O)Nc1ccc(-c2csc(NC(=O)COc3cccc([N+](=O)[O-])c3)n2)c(F)c1. The van der Waals surface area contributed by atoms with Gasteiger partial charge in [-0.15, -0.1) is 11.3 Å². The van der Waals surface area contributed by atoms with Crippen LogP contribution in [0.4, 0.5) is 20.9 Å². The molecule has 0 saturated heterocycles. The fourth-order valence-electron chi connectivity index (χ4n) is 2.45. The average Bonchev–Trinajstić information content (AvgIpc) is 3.14. The first-order valence-corrected chi connectivity index (χ1v) is 9.40. The number of thiazole rings is 1. The highest BCUT2D eigenvalue weighted by molar-refractivity contribution is 7.14. The zero-order chi connectivity index (χ0) is 21.7. The summed E-state index contributed by atoms with van der Waals surface area (Å²) in [5.74, 6) is -1.23. The molecule has 1 heterocycles. The van der Waals surface area contributed by atoms with E-state index >= 15 is 0 Å². The quantitative estimate of drug-likeness (QED) is 0.434. The van der Waals surface area contributed by atoms with Gasteiger partial charge in [-0.25, -0.2) is 9.37 Å². The Morgan fingerprint density at radius 1 is 1.23 bits per heavy atom. The van der Waals surface area contributed by atoms with E-state index < -0.39 is 16.6 Å². The van der Waals surface area contributed by atoms with Crippen LogP contribution in [0.5, 0.6) is 5.75 Å². The van der Waals surface area contributed by atoms with Gasteiger partial charge in [0.1, 0.15) is 11.6 Å². The van der Waals surface area contributed by atoms with E-state index in [0.29, 0.717) is 11.4 Å². The second-order valence-corrected chi connectivity index (χ2v) is 6.86. The monoisotopic (exact) mass is 430 g/mol. The lowest BCUT2D eigenvalue weighted by Crippen LogP contribution is -2.20.